The maximum absolute atomic E-state index is 11.7. The third-order valence-corrected chi connectivity index (χ3v) is 4.05. The number of rotatable bonds is 7. The molecule has 1 aliphatic heterocycles. The lowest BCUT2D eigenvalue weighted by atomic mass is 10.2. The number of thioether (sulfide) groups is 1. The average molecular weight is 244 g/mol. The van der Waals surface area contributed by atoms with E-state index in [2.05, 4.69) is 17.6 Å². The summed E-state index contributed by atoms with van der Waals surface area (Å²) in [5.41, 5.74) is 0. The van der Waals surface area contributed by atoms with Crippen molar-refractivity contribution >= 4 is 17.7 Å². The molecule has 0 aromatic rings. The minimum Gasteiger partial charge on any atom is -0.355 e. The highest BCUT2D eigenvalue weighted by Gasteiger charge is 2.20. The van der Waals surface area contributed by atoms with Crippen LogP contribution in [0.2, 0.25) is 0 Å². The molecule has 0 aromatic carbocycles. The van der Waals surface area contributed by atoms with Gasteiger partial charge in [-0.1, -0.05) is 19.8 Å². The molecule has 1 saturated heterocycles. The van der Waals surface area contributed by atoms with E-state index in [0.717, 1.165) is 18.7 Å². The first-order valence-corrected chi connectivity index (χ1v) is 7.51. The molecule has 2 N–H and O–H groups in total. The number of unbranched alkanes of at least 4 members (excludes halogenated alkanes) is 2. The van der Waals surface area contributed by atoms with Gasteiger partial charge < -0.3 is 10.6 Å². The summed E-state index contributed by atoms with van der Waals surface area (Å²) in [6.45, 7) is 4.94. The third-order valence-electron chi connectivity index (χ3n) is 2.89. The van der Waals surface area contributed by atoms with Gasteiger partial charge in [0.15, 0.2) is 0 Å². The first-order valence-electron chi connectivity index (χ1n) is 6.35. The number of carbonyl (C=O) groups excluding carboxylic acids is 1. The summed E-state index contributed by atoms with van der Waals surface area (Å²) in [5.74, 6) is 2.52. The van der Waals surface area contributed by atoms with Gasteiger partial charge in [0.05, 0.1) is 6.04 Å². The van der Waals surface area contributed by atoms with Crippen molar-refractivity contribution in [2.75, 3.05) is 18.1 Å². The van der Waals surface area contributed by atoms with Gasteiger partial charge in [0.2, 0.25) is 5.91 Å². The van der Waals surface area contributed by atoms with E-state index < -0.39 is 0 Å². The van der Waals surface area contributed by atoms with Gasteiger partial charge in [-0.25, -0.2) is 0 Å². The molecule has 1 heterocycles. The lowest BCUT2D eigenvalue weighted by molar-refractivity contribution is -0.122. The molecular weight excluding hydrogens is 220 g/mol. The Labute approximate surface area is 103 Å². The lowest BCUT2D eigenvalue weighted by Crippen LogP contribution is -2.46. The Kier molecular flexibility index (Phi) is 6.88. The minimum atomic E-state index is -0.0506. The van der Waals surface area contributed by atoms with E-state index in [0.29, 0.717) is 6.04 Å². The van der Waals surface area contributed by atoms with Gasteiger partial charge in [0, 0.05) is 18.3 Å². The van der Waals surface area contributed by atoms with Crippen LogP contribution in [0.1, 0.15) is 39.5 Å². The lowest BCUT2D eigenvalue weighted by Gasteiger charge is -2.18. The van der Waals surface area contributed by atoms with E-state index >= 15 is 0 Å². The van der Waals surface area contributed by atoms with Crippen molar-refractivity contribution in [3.8, 4) is 0 Å². The monoisotopic (exact) mass is 244 g/mol. The summed E-state index contributed by atoms with van der Waals surface area (Å²) in [6.07, 6.45) is 4.68. The van der Waals surface area contributed by atoms with Crippen molar-refractivity contribution in [2.24, 2.45) is 0 Å². The molecule has 1 aliphatic rings. The molecule has 3 nitrogen and oxygen atoms in total. The zero-order valence-electron chi connectivity index (χ0n) is 10.4. The molecule has 0 radical (unpaired) electrons. The maximum Gasteiger partial charge on any atom is 0.236 e. The van der Waals surface area contributed by atoms with Crippen LogP contribution in [-0.4, -0.2) is 36.0 Å². The Morgan fingerprint density at radius 2 is 2.31 bits per heavy atom. The SMILES string of the molecule is CCCCCNC(=O)C(C)NC1CCSC1. The maximum atomic E-state index is 11.7. The van der Waals surface area contributed by atoms with Crippen LogP contribution in [0.4, 0.5) is 0 Å². The topological polar surface area (TPSA) is 41.1 Å². The summed E-state index contributed by atoms with van der Waals surface area (Å²) in [6, 6.07) is 0.478. The average Bonchev–Trinajstić information content (AvgIpc) is 2.76. The van der Waals surface area contributed by atoms with Crippen molar-refractivity contribution in [1.82, 2.24) is 10.6 Å². The van der Waals surface area contributed by atoms with Crippen molar-refractivity contribution in [3.63, 3.8) is 0 Å². The van der Waals surface area contributed by atoms with Gasteiger partial charge in [0.1, 0.15) is 0 Å². The van der Waals surface area contributed by atoms with Crippen LogP contribution in [0.25, 0.3) is 0 Å². The zero-order chi connectivity index (χ0) is 11.8. The van der Waals surface area contributed by atoms with Crippen LogP contribution >= 0.6 is 11.8 Å². The Morgan fingerprint density at radius 3 is 2.94 bits per heavy atom. The van der Waals surface area contributed by atoms with Crippen molar-refractivity contribution in [2.45, 2.75) is 51.6 Å². The Balaban J connectivity index is 2.09. The summed E-state index contributed by atoms with van der Waals surface area (Å²) >= 11 is 1.97. The van der Waals surface area contributed by atoms with Crippen molar-refractivity contribution in [1.29, 1.82) is 0 Å². The summed E-state index contributed by atoms with van der Waals surface area (Å²) in [5, 5.41) is 6.37. The van der Waals surface area contributed by atoms with E-state index in [4.69, 9.17) is 0 Å². The van der Waals surface area contributed by atoms with Crippen LogP contribution in [0, 0.1) is 0 Å². The second kappa shape index (κ2) is 7.96. The molecule has 0 aliphatic carbocycles. The highest BCUT2D eigenvalue weighted by atomic mass is 32.2. The summed E-state index contributed by atoms with van der Waals surface area (Å²) in [4.78, 5) is 11.7. The zero-order valence-corrected chi connectivity index (χ0v) is 11.2. The predicted octanol–water partition coefficient (Wildman–Crippen LogP) is 1.78. The van der Waals surface area contributed by atoms with Crippen LogP contribution in [0.5, 0.6) is 0 Å². The van der Waals surface area contributed by atoms with Crippen LogP contribution < -0.4 is 10.6 Å². The smallest absolute Gasteiger partial charge is 0.236 e. The van der Waals surface area contributed by atoms with Gasteiger partial charge in [-0.3, -0.25) is 4.79 Å². The summed E-state index contributed by atoms with van der Waals surface area (Å²) in [7, 11) is 0. The van der Waals surface area contributed by atoms with E-state index in [1.165, 1.54) is 25.0 Å². The Morgan fingerprint density at radius 1 is 1.50 bits per heavy atom. The van der Waals surface area contributed by atoms with Crippen LogP contribution in [0.3, 0.4) is 0 Å². The second-order valence-electron chi connectivity index (χ2n) is 4.45. The molecule has 0 bridgehead atoms. The fraction of sp³-hybridized carbons (Fsp3) is 0.917. The number of amides is 1. The predicted molar refractivity (Wildman–Crippen MR) is 70.9 cm³/mol. The molecule has 2 atom stereocenters. The van der Waals surface area contributed by atoms with Gasteiger partial charge in [-0.05, 0) is 25.5 Å². The third kappa shape index (κ3) is 5.21. The van der Waals surface area contributed by atoms with Gasteiger partial charge in [0.25, 0.3) is 0 Å². The molecule has 0 aromatic heterocycles. The number of nitrogens with one attached hydrogen (secondary N) is 2. The molecule has 94 valence electrons. The van der Waals surface area contributed by atoms with E-state index in [-0.39, 0.29) is 11.9 Å². The minimum absolute atomic E-state index is 0.0506. The van der Waals surface area contributed by atoms with Crippen LogP contribution in [-0.2, 0) is 4.79 Å². The molecule has 0 spiro atoms. The van der Waals surface area contributed by atoms with Gasteiger partial charge >= 0.3 is 0 Å². The fourth-order valence-electron chi connectivity index (χ4n) is 1.83. The fourth-order valence-corrected chi connectivity index (χ4v) is 3.00. The first kappa shape index (κ1) is 13.8. The molecule has 4 heteroatoms. The standard InChI is InChI=1S/C12H24N2OS/c1-3-4-5-7-13-12(15)10(2)14-11-6-8-16-9-11/h10-11,14H,3-9H2,1-2H3,(H,13,15). The molecule has 2 unspecified atom stereocenters. The molecule has 16 heavy (non-hydrogen) atoms. The van der Waals surface area contributed by atoms with Crippen LogP contribution in [0.15, 0.2) is 0 Å². The second-order valence-corrected chi connectivity index (χ2v) is 5.60. The molecule has 0 saturated carbocycles. The largest absolute Gasteiger partial charge is 0.355 e. The normalized spacial score (nSPS) is 22.0. The molecule has 1 fully saturated rings. The first-order chi connectivity index (χ1) is 7.74. The van der Waals surface area contributed by atoms with Crippen molar-refractivity contribution < 1.29 is 4.79 Å². The number of hydrogen-bond acceptors (Lipinski definition) is 3. The van der Waals surface area contributed by atoms with Gasteiger partial charge in [-0.15, -0.1) is 0 Å². The number of hydrogen-bond donors (Lipinski definition) is 2. The summed E-state index contributed by atoms with van der Waals surface area (Å²) < 4.78 is 0. The Hall–Kier alpha value is -0.220. The highest BCUT2D eigenvalue weighted by Crippen LogP contribution is 2.17. The van der Waals surface area contributed by atoms with E-state index in [1.807, 2.05) is 18.7 Å². The molecule has 1 rings (SSSR count). The van der Waals surface area contributed by atoms with Gasteiger partial charge in [-0.2, -0.15) is 11.8 Å². The molecular formula is C12H24N2OS. The van der Waals surface area contributed by atoms with E-state index in [9.17, 15) is 4.79 Å². The number of carbonyl (C=O) groups is 1. The Bertz CT molecular complexity index is 205. The van der Waals surface area contributed by atoms with E-state index in [1.54, 1.807) is 0 Å². The molecule has 1 amide bonds. The quantitative estimate of drug-likeness (QED) is 0.671. The highest BCUT2D eigenvalue weighted by molar-refractivity contribution is 7.99. The van der Waals surface area contributed by atoms with Crippen molar-refractivity contribution in [3.05, 3.63) is 0 Å².